The van der Waals surface area contributed by atoms with Crippen molar-refractivity contribution in [2.45, 2.75) is 12.5 Å². The zero-order chi connectivity index (χ0) is 14.7. The standard InChI is InChI=1S/C10H10BrClN2O5/c1-19-10(16)5(13)2-4-3-6(14(17)18)8(12)7(11)9(4)15/h3,5,15H,2,13H2,1H3. The zero-order valence-electron chi connectivity index (χ0n) is 9.72. The van der Waals surface area contributed by atoms with E-state index in [1.807, 2.05) is 0 Å². The number of hydrogen-bond acceptors (Lipinski definition) is 6. The Morgan fingerprint density at radius 1 is 1.74 bits per heavy atom. The first-order chi connectivity index (χ1) is 8.79. The predicted molar refractivity (Wildman–Crippen MR) is 71.2 cm³/mol. The highest BCUT2D eigenvalue weighted by atomic mass is 79.9. The quantitative estimate of drug-likeness (QED) is 0.484. The fourth-order valence-electron chi connectivity index (χ4n) is 1.41. The average molecular weight is 354 g/mol. The van der Waals surface area contributed by atoms with E-state index < -0.39 is 22.6 Å². The van der Waals surface area contributed by atoms with Crippen molar-refractivity contribution in [2.75, 3.05) is 7.11 Å². The number of methoxy groups -OCH3 is 1. The van der Waals surface area contributed by atoms with E-state index in [-0.39, 0.29) is 27.2 Å². The molecular formula is C10H10BrClN2O5. The van der Waals surface area contributed by atoms with Crippen LogP contribution in [-0.4, -0.2) is 29.2 Å². The number of nitro groups is 1. The smallest absolute Gasteiger partial charge is 0.322 e. The number of nitrogens with zero attached hydrogens (tertiary/aromatic N) is 1. The summed E-state index contributed by atoms with van der Waals surface area (Å²) in [5.74, 6) is -0.983. The Hall–Kier alpha value is -1.38. The first-order valence-corrected chi connectivity index (χ1v) is 6.14. The topological polar surface area (TPSA) is 116 Å². The molecule has 0 aromatic heterocycles. The largest absolute Gasteiger partial charge is 0.506 e. The molecule has 1 aromatic carbocycles. The third-order valence-corrected chi connectivity index (χ3v) is 3.76. The summed E-state index contributed by atoms with van der Waals surface area (Å²) < 4.78 is 4.42. The first kappa shape index (κ1) is 15.7. The zero-order valence-corrected chi connectivity index (χ0v) is 12.1. The molecule has 1 aromatic rings. The molecule has 1 rings (SSSR count). The van der Waals surface area contributed by atoms with Crippen molar-refractivity contribution in [3.05, 3.63) is 31.2 Å². The summed E-state index contributed by atoms with van der Waals surface area (Å²) in [7, 11) is 1.17. The fraction of sp³-hybridized carbons (Fsp3) is 0.300. The molecule has 0 fully saturated rings. The number of carbonyl (C=O) groups is 1. The maximum Gasteiger partial charge on any atom is 0.322 e. The summed E-state index contributed by atoms with van der Waals surface area (Å²) in [6, 6.07) is 0.0363. The molecule has 0 bridgehead atoms. The van der Waals surface area contributed by atoms with Gasteiger partial charge in [-0.25, -0.2) is 0 Å². The maximum atomic E-state index is 11.2. The van der Waals surface area contributed by atoms with Gasteiger partial charge in [-0.2, -0.15) is 0 Å². The molecule has 0 aliphatic carbocycles. The first-order valence-electron chi connectivity index (χ1n) is 4.97. The van der Waals surface area contributed by atoms with Gasteiger partial charge in [0.05, 0.1) is 16.5 Å². The number of rotatable bonds is 4. The van der Waals surface area contributed by atoms with Crippen LogP contribution in [0, 0.1) is 10.1 Å². The molecule has 0 saturated carbocycles. The number of nitro benzene ring substituents is 1. The Kier molecular flexibility index (Phi) is 5.10. The Morgan fingerprint density at radius 3 is 2.79 bits per heavy atom. The lowest BCUT2D eigenvalue weighted by molar-refractivity contribution is -0.384. The highest BCUT2D eigenvalue weighted by Crippen LogP contribution is 2.41. The number of phenolic OH excluding ortho intramolecular Hbond substituents is 1. The van der Waals surface area contributed by atoms with E-state index in [1.165, 1.54) is 7.11 Å². The van der Waals surface area contributed by atoms with Crippen molar-refractivity contribution in [3.63, 3.8) is 0 Å². The summed E-state index contributed by atoms with van der Waals surface area (Å²) in [5, 5.41) is 20.4. The summed E-state index contributed by atoms with van der Waals surface area (Å²) in [5.41, 5.74) is 5.27. The second-order valence-electron chi connectivity index (χ2n) is 3.62. The predicted octanol–water partition coefficient (Wildman–Crippen LogP) is 1.76. The summed E-state index contributed by atoms with van der Waals surface area (Å²) in [6.45, 7) is 0. The summed E-state index contributed by atoms with van der Waals surface area (Å²) in [4.78, 5) is 21.3. The van der Waals surface area contributed by atoms with Crippen LogP contribution >= 0.6 is 27.5 Å². The molecular weight excluding hydrogens is 343 g/mol. The van der Waals surface area contributed by atoms with Crippen molar-refractivity contribution in [3.8, 4) is 5.75 Å². The molecule has 0 amide bonds. The van der Waals surface area contributed by atoms with E-state index in [0.717, 1.165) is 6.07 Å². The third-order valence-electron chi connectivity index (χ3n) is 2.38. The minimum absolute atomic E-state index is 0.0181. The monoisotopic (exact) mass is 352 g/mol. The van der Waals surface area contributed by atoms with Gasteiger partial charge in [0.15, 0.2) is 0 Å². The number of esters is 1. The normalized spacial score (nSPS) is 12.0. The van der Waals surface area contributed by atoms with Crippen LogP contribution in [0.25, 0.3) is 0 Å². The van der Waals surface area contributed by atoms with Gasteiger partial charge in [0.25, 0.3) is 5.69 Å². The van der Waals surface area contributed by atoms with Crippen LogP contribution in [0.2, 0.25) is 5.02 Å². The highest BCUT2D eigenvalue weighted by molar-refractivity contribution is 9.10. The Bertz CT molecular complexity index is 537. The van der Waals surface area contributed by atoms with Gasteiger partial charge in [0, 0.05) is 18.1 Å². The Morgan fingerprint density at radius 2 is 2.32 bits per heavy atom. The van der Waals surface area contributed by atoms with E-state index in [4.69, 9.17) is 17.3 Å². The van der Waals surface area contributed by atoms with Gasteiger partial charge in [-0.05, 0) is 15.9 Å². The fourth-order valence-corrected chi connectivity index (χ4v) is 2.09. The van der Waals surface area contributed by atoms with Gasteiger partial charge < -0.3 is 15.6 Å². The van der Waals surface area contributed by atoms with Crippen molar-refractivity contribution >= 4 is 39.2 Å². The van der Waals surface area contributed by atoms with E-state index >= 15 is 0 Å². The second-order valence-corrected chi connectivity index (χ2v) is 4.79. The third kappa shape index (κ3) is 3.34. The van der Waals surface area contributed by atoms with Crippen molar-refractivity contribution in [1.29, 1.82) is 0 Å². The summed E-state index contributed by atoms with van der Waals surface area (Å²) in [6.07, 6.45) is -0.116. The van der Waals surface area contributed by atoms with Crippen LogP contribution in [0.4, 0.5) is 5.69 Å². The molecule has 19 heavy (non-hydrogen) atoms. The number of carbonyl (C=O) groups excluding carboxylic acids is 1. The van der Waals surface area contributed by atoms with E-state index in [1.54, 1.807) is 0 Å². The molecule has 0 saturated heterocycles. The lowest BCUT2D eigenvalue weighted by atomic mass is 10.0. The lowest BCUT2D eigenvalue weighted by Gasteiger charge is -2.12. The van der Waals surface area contributed by atoms with Crippen LogP contribution in [-0.2, 0) is 16.0 Å². The molecule has 0 radical (unpaired) electrons. The number of hydrogen-bond donors (Lipinski definition) is 2. The van der Waals surface area contributed by atoms with Crippen LogP contribution in [0.5, 0.6) is 5.75 Å². The SMILES string of the molecule is COC(=O)C(N)Cc1cc([N+](=O)[O-])c(Cl)c(Br)c1O. The molecule has 0 aliphatic heterocycles. The number of halogens is 2. The Labute approximate surface area is 121 Å². The molecule has 7 nitrogen and oxygen atoms in total. The van der Waals surface area contributed by atoms with Crippen LogP contribution < -0.4 is 5.73 Å². The van der Waals surface area contributed by atoms with Gasteiger partial charge in [-0.1, -0.05) is 11.6 Å². The summed E-state index contributed by atoms with van der Waals surface area (Å²) >= 11 is 8.67. The lowest BCUT2D eigenvalue weighted by Crippen LogP contribution is -2.33. The van der Waals surface area contributed by atoms with Gasteiger partial charge in [-0.3, -0.25) is 14.9 Å². The molecule has 0 heterocycles. The van der Waals surface area contributed by atoms with Crippen molar-refractivity contribution in [2.24, 2.45) is 5.73 Å². The molecule has 0 spiro atoms. The maximum absolute atomic E-state index is 11.2. The van der Waals surface area contributed by atoms with E-state index in [9.17, 15) is 20.0 Å². The number of benzene rings is 1. The number of phenols is 1. The van der Waals surface area contributed by atoms with E-state index in [2.05, 4.69) is 20.7 Å². The number of ether oxygens (including phenoxy) is 1. The van der Waals surface area contributed by atoms with Gasteiger partial charge >= 0.3 is 5.97 Å². The highest BCUT2D eigenvalue weighted by Gasteiger charge is 2.24. The molecule has 3 N–H and O–H groups in total. The minimum atomic E-state index is -1.04. The van der Waals surface area contributed by atoms with Crippen molar-refractivity contribution in [1.82, 2.24) is 0 Å². The van der Waals surface area contributed by atoms with Crippen LogP contribution in [0.15, 0.2) is 10.5 Å². The van der Waals surface area contributed by atoms with Gasteiger partial charge in [0.2, 0.25) is 0 Å². The molecule has 1 unspecified atom stereocenters. The molecule has 104 valence electrons. The van der Waals surface area contributed by atoms with Gasteiger partial charge in [-0.15, -0.1) is 0 Å². The number of nitrogens with two attached hydrogens (primary N) is 1. The van der Waals surface area contributed by atoms with Crippen LogP contribution in [0.3, 0.4) is 0 Å². The molecule has 9 heteroatoms. The second kappa shape index (κ2) is 6.18. The molecule has 0 aliphatic rings. The van der Waals surface area contributed by atoms with Crippen molar-refractivity contribution < 1.29 is 19.6 Å². The molecule has 1 atom stereocenters. The average Bonchev–Trinajstić information content (AvgIpc) is 2.37. The van der Waals surface area contributed by atoms with E-state index in [0.29, 0.717) is 0 Å². The minimum Gasteiger partial charge on any atom is -0.506 e. The van der Waals surface area contributed by atoms with Gasteiger partial charge in [0.1, 0.15) is 16.8 Å². The number of aromatic hydroxyl groups is 1. The Balaban J connectivity index is 3.22. The van der Waals surface area contributed by atoms with Crippen LogP contribution in [0.1, 0.15) is 5.56 Å².